The number of anilines is 1. The average molecular weight is 481 g/mol. The molecule has 30 heavy (non-hydrogen) atoms. The van der Waals surface area contributed by atoms with Crippen molar-refractivity contribution in [3.63, 3.8) is 0 Å². The molecule has 3 rings (SSSR count). The maximum atomic E-state index is 12.3. The zero-order valence-corrected chi connectivity index (χ0v) is 18.5. The van der Waals surface area contributed by atoms with Crippen LogP contribution in [0.15, 0.2) is 55.8 Å². The third-order valence-corrected chi connectivity index (χ3v) is 7.23. The summed E-state index contributed by atoms with van der Waals surface area (Å²) in [6.07, 6.45) is 2.28. The molecule has 0 aliphatic carbocycles. The highest BCUT2D eigenvalue weighted by molar-refractivity contribution is 7.98. The summed E-state index contributed by atoms with van der Waals surface area (Å²) in [5, 5.41) is 20.0. The van der Waals surface area contributed by atoms with E-state index in [-0.39, 0.29) is 15.0 Å². The molecular formula is C18H13ClN4O4S3. The molecule has 0 spiro atoms. The van der Waals surface area contributed by atoms with Gasteiger partial charge in [-0.25, -0.2) is 8.42 Å². The first-order valence-electron chi connectivity index (χ1n) is 8.18. The second kappa shape index (κ2) is 9.44. The van der Waals surface area contributed by atoms with E-state index in [0.29, 0.717) is 33.0 Å². The lowest BCUT2D eigenvalue weighted by Crippen LogP contribution is -2.13. The molecule has 3 aromatic rings. The molecule has 0 unspecified atom stereocenters. The van der Waals surface area contributed by atoms with Crippen LogP contribution >= 0.6 is 34.7 Å². The van der Waals surface area contributed by atoms with E-state index >= 15 is 0 Å². The first kappa shape index (κ1) is 22.0. The number of hydrogen-bond donors (Lipinski definition) is 1. The minimum Gasteiger partial charge on any atom is -0.450 e. The van der Waals surface area contributed by atoms with Crippen molar-refractivity contribution in [2.45, 2.75) is 15.2 Å². The number of sulfone groups is 1. The molecule has 0 aliphatic rings. The smallest absolute Gasteiger partial charge is 0.268 e. The Balaban J connectivity index is 1.65. The second-order valence-corrected chi connectivity index (χ2v) is 10.4. The molecule has 2 heterocycles. The summed E-state index contributed by atoms with van der Waals surface area (Å²) in [6.45, 7) is 0. The number of carbonyl (C=O) groups excluding carboxylic acids is 1. The molecule has 0 aliphatic heterocycles. The Morgan fingerprint density at radius 2 is 2.03 bits per heavy atom. The highest BCUT2D eigenvalue weighted by Crippen LogP contribution is 2.27. The number of nitrogens with zero attached hydrogens (tertiary/aromatic N) is 3. The largest absolute Gasteiger partial charge is 0.450 e. The van der Waals surface area contributed by atoms with Crippen molar-refractivity contribution in [3.8, 4) is 6.07 Å². The van der Waals surface area contributed by atoms with E-state index in [1.165, 1.54) is 17.8 Å². The molecule has 1 amide bonds. The maximum Gasteiger partial charge on any atom is 0.268 e. The van der Waals surface area contributed by atoms with Crippen LogP contribution in [0.1, 0.15) is 11.3 Å². The minimum atomic E-state index is -3.53. The van der Waals surface area contributed by atoms with Gasteiger partial charge in [0.1, 0.15) is 17.4 Å². The monoisotopic (exact) mass is 480 g/mol. The number of halogens is 1. The van der Waals surface area contributed by atoms with Gasteiger partial charge in [-0.1, -0.05) is 46.8 Å². The molecular weight excluding hydrogens is 468 g/mol. The number of nitrogens with one attached hydrogen (secondary N) is 1. The van der Waals surface area contributed by atoms with Gasteiger partial charge in [-0.05, 0) is 29.8 Å². The van der Waals surface area contributed by atoms with Gasteiger partial charge in [0.15, 0.2) is 5.09 Å². The summed E-state index contributed by atoms with van der Waals surface area (Å²) >= 11 is 8.02. The van der Waals surface area contributed by atoms with E-state index in [1.54, 1.807) is 18.2 Å². The molecule has 12 heteroatoms. The number of aromatic nitrogens is 2. The summed E-state index contributed by atoms with van der Waals surface area (Å²) in [4.78, 5) is 12.3. The lowest BCUT2D eigenvalue weighted by atomic mass is 10.2. The number of nitriles is 1. The van der Waals surface area contributed by atoms with Crippen LogP contribution in [0.4, 0.5) is 5.13 Å². The van der Waals surface area contributed by atoms with Gasteiger partial charge < -0.3 is 4.42 Å². The maximum absolute atomic E-state index is 12.3. The van der Waals surface area contributed by atoms with Gasteiger partial charge in [0.2, 0.25) is 19.3 Å². The Kier molecular flexibility index (Phi) is 6.94. The van der Waals surface area contributed by atoms with Gasteiger partial charge in [0.25, 0.3) is 5.91 Å². The van der Waals surface area contributed by atoms with Crippen molar-refractivity contribution < 1.29 is 17.6 Å². The van der Waals surface area contributed by atoms with Gasteiger partial charge in [-0.3, -0.25) is 10.1 Å². The lowest BCUT2D eigenvalue weighted by Gasteiger charge is -2.00. The van der Waals surface area contributed by atoms with Crippen molar-refractivity contribution >= 4 is 61.7 Å². The Labute approximate surface area is 185 Å². The molecule has 8 nitrogen and oxygen atoms in total. The lowest BCUT2D eigenvalue weighted by molar-refractivity contribution is -0.112. The van der Waals surface area contributed by atoms with Gasteiger partial charge in [0, 0.05) is 23.1 Å². The molecule has 0 radical (unpaired) electrons. The number of benzene rings is 1. The van der Waals surface area contributed by atoms with Crippen molar-refractivity contribution in [1.82, 2.24) is 10.2 Å². The normalized spacial score (nSPS) is 11.8. The Morgan fingerprint density at radius 3 is 2.67 bits per heavy atom. The highest BCUT2D eigenvalue weighted by atomic mass is 35.5. The van der Waals surface area contributed by atoms with E-state index in [0.717, 1.165) is 11.8 Å². The minimum absolute atomic E-state index is 0.0276. The van der Waals surface area contributed by atoms with E-state index in [2.05, 4.69) is 15.5 Å². The van der Waals surface area contributed by atoms with Crippen molar-refractivity contribution in [1.29, 1.82) is 5.26 Å². The quantitative estimate of drug-likeness (QED) is 0.232. The molecule has 1 aromatic carbocycles. The Morgan fingerprint density at radius 1 is 1.30 bits per heavy atom. The summed E-state index contributed by atoms with van der Waals surface area (Å²) in [7, 11) is -3.53. The van der Waals surface area contributed by atoms with Gasteiger partial charge in [-0.15, -0.1) is 10.2 Å². The fraction of sp³-hybridized carbons (Fsp3) is 0.111. The standard InChI is InChI=1S/C18H13ClN4O4S3/c1-30(25,26)18-23-22-17(29-18)21-16(24)12(9-20)8-14-6-7-15(27-14)28-10-11-2-4-13(19)5-3-11/h2-8H,10H2,1H3,(H,21,22,24). The first-order chi connectivity index (χ1) is 14.2. The van der Waals surface area contributed by atoms with Crippen LogP contribution in [-0.2, 0) is 20.4 Å². The third-order valence-electron chi connectivity index (χ3n) is 3.49. The molecule has 0 bridgehead atoms. The average Bonchev–Trinajstić information content (AvgIpc) is 3.35. The predicted molar refractivity (Wildman–Crippen MR) is 115 cm³/mol. The first-order valence-corrected chi connectivity index (χ1v) is 12.3. The van der Waals surface area contributed by atoms with Crippen molar-refractivity contribution in [2.24, 2.45) is 0 Å². The number of amides is 1. The van der Waals surface area contributed by atoms with Crippen molar-refractivity contribution in [3.05, 3.63) is 58.3 Å². The fourth-order valence-electron chi connectivity index (χ4n) is 2.09. The summed E-state index contributed by atoms with van der Waals surface area (Å²) in [6, 6.07) is 12.6. The van der Waals surface area contributed by atoms with E-state index in [1.807, 2.05) is 24.3 Å². The van der Waals surface area contributed by atoms with Crippen LogP contribution in [0.2, 0.25) is 5.02 Å². The van der Waals surface area contributed by atoms with E-state index in [9.17, 15) is 18.5 Å². The second-order valence-electron chi connectivity index (χ2n) is 5.84. The third kappa shape index (κ3) is 5.93. The van der Waals surface area contributed by atoms with Crippen LogP contribution in [0.3, 0.4) is 0 Å². The molecule has 2 aromatic heterocycles. The van der Waals surface area contributed by atoms with E-state index in [4.69, 9.17) is 16.0 Å². The number of thioether (sulfide) groups is 1. The molecule has 0 fully saturated rings. The number of rotatable bonds is 7. The Bertz CT molecular complexity index is 1240. The fourth-order valence-corrected chi connectivity index (χ4v) is 4.54. The topological polar surface area (TPSA) is 126 Å². The van der Waals surface area contributed by atoms with E-state index < -0.39 is 15.7 Å². The van der Waals surface area contributed by atoms with Gasteiger partial charge in [0.05, 0.1) is 0 Å². The number of furan rings is 1. The zero-order chi connectivity index (χ0) is 21.7. The van der Waals surface area contributed by atoms with Crippen LogP contribution in [0.5, 0.6) is 0 Å². The Hall–Kier alpha value is -2.65. The zero-order valence-electron chi connectivity index (χ0n) is 15.3. The van der Waals surface area contributed by atoms with Crippen LogP contribution in [0, 0.1) is 11.3 Å². The van der Waals surface area contributed by atoms with Crippen LogP contribution < -0.4 is 5.32 Å². The molecule has 0 saturated carbocycles. The summed E-state index contributed by atoms with van der Waals surface area (Å²) < 4.78 is 28.3. The molecule has 0 saturated heterocycles. The van der Waals surface area contributed by atoms with Gasteiger partial charge in [-0.2, -0.15) is 5.26 Å². The molecule has 0 atom stereocenters. The highest BCUT2D eigenvalue weighted by Gasteiger charge is 2.18. The SMILES string of the molecule is CS(=O)(=O)c1nnc(NC(=O)C(C#N)=Cc2ccc(SCc3ccc(Cl)cc3)o2)s1. The van der Waals surface area contributed by atoms with Crippen LogP contribution in [0.25, 0.3) is 6.08 Å². The predicted octanol–water partition coefficient (Wildman–Crippen LogP) is 4.03. The number of hydrogen-bond acceptors (Lipinski definition) is 9. The van der Waals surface area contributed by atoms with Crippen LogP contribution in [-0.4, -0.2) is 30.8 Å². The molecule has 154 valence electrons. The summed E-state index contributed by atoms with van der Waals surface area (Å²) in [5.74, 6) is 0.244. The molecule has 1 N–H and O–H groups in total. The van der Waals surface area contributed by atoms with Crippen molar-refractivity contribution in [2.75, 3.05) is 11.6 Å². The summed E-state index contributed by atoms with van der Waals surface area (Å²) in [5.41, 5.74) is 0.843. The number of carbonyl (C=O) groups is 1. The van der Waals surface area contributed by atoms with Gasteiger partial charge >= 0.3 is 0 Å².